The molecule has 2 aromatic rings. The fourth-order valence-electron chi connectivity index (χ4n) is 1.48. The van der Waals surface area contributed by atoms with Crippen LogP contribution in [0.25, 0.3) is 0 Å². The number of halogens is 1. The van der Waals surface area contributed by atoms with Gasteiger partial charge < -0.3 is 11.1 Å². The van der Waals surface area contributed by atoms with Gasteiger partial charge in [0.25, 0.3) is 0 Å². The Balaban J connectivity index is 2.04. The summed E-state index contributed by atoms with van der Waals surface area (Å²) in [5.41, 5.74) is 6.77. The summed E-state index contributed by atoms with van der Waals surface area (Å²) in [5.74, 6) is 1.85. The van der Waals surface area contributed by atoms with Crippen molar-refractivity contribution in [3.05, 3.63) is 46.7 Å². The first-order valence-corrected chi connectivity index (χ1v) is 5.61. The minimum absolute atomic E-state index is 0.469. The summed E-state index contributed by atoms with van der Waals surface area (Å²) in [4.78, 5) is 8.25. The Bertz CT molecular complexity index is 490. The highest BCUT2D eigenvalue weighted by Gasteiger charge is 1.99. The van der Waals surface area contributed by atoms with Gasteiger partial charge in [0, 0.05) is 17.6 Å². The highest BCUT2D eigenvalue weighted by molar-refractivity contribution is 6.30. The molecule has 2 rings (SSSR count). The van der Waals surface area contributed by atoms with Crippen molar-refractivity contribution < 1.29 is 0 Å². The molecule has 1 heterocycles. The zero-order valence-electron chi connectivity index (χ0n) is 9.44. The van der Waals surface area contributed by atoms with Gasteiger partial charge in [-0.05, 0) is 24.6 Å². The van der Waals surface area contributed by atoms with E-state index in [1.807, 2.05) is 31.2 Å². The van der Waals surface area contributed by atoms with Crippen molar-refractivity contribution in [2.45, 2.75) is 13.5 Å². The van der Waals surface area contributed by atoms with Crippen LogP contribution in [0.15, 0.2) is 30.3 Å². The molecule has 0 fully saturated rings. The summed E-state index contributed by atoms with van der Waals surface area (Å²) < 4.78 is 0. The number of aryl methyl sites for hydroxylation is 1. The smallest absolute Gasteiger partial charge is 0.132 e. The molecule has 0 aliphatic rings. The van der Waals surface area contributed by atoms with Crippen LogP contribution in [0, 0.1) is 6.92 Å². The maximum Gasteiger partial charge on any atom is 0.132 e. The van der Waals surface area contributed by atoms with Crippen LogP contribution in [-0.4, -0.2) is 9.97 Å². The molecule has 1 aromatic heterocycles. The fourth-order valence-corrected chi connectivity index (χ4v) is 1.60. The van der Waals surface area contributed by atoms with Crippen molar-refractivity contribution in [2.24, 2.45) is 0 Å². The van der Waals surface area contributed by atoms with E-state index >= 15 is 0 Å². The van der Waals surface area contributed by atoms with E-state index in [0.29, 0.717) is 18.2 Å². The average molecular weight is 249 g/mol. The molecule has 0 unspecified atom stereocenters. The monoisotopic (exact) mass is 248 g/mol. The topological polar surface area (TPSA) is 63.8 Å². The second-order valence-corrected chi connectivity index (χ2v) is 4.14. The number of hydrogen-bond donors (Lipinski definition) is 2. The van der Waals surface area contributed by atoms with Gasteiger partial charge in [-0.3, -0.25) is 0 Å². The van der Waals surface area contributed by atoms with E-state index in [1.54, 1.807) is 6.07 Å². The van der Waals surface area contributed by atoms with Crippen LogP contribution in [0.3, 0.4) is 0 Å². The molecule has 5 heteroatoms. The normalized spacial score (nSPS) is 10.2. The molecule has 0 saturated heterocycles. The summed E-state index contributed by atoms with van der Waals surface area (Å²) in [6.45, 7) is 2.48. The maximum absolute atomic E-state index is 5.81. The molecule has 0 amide bonds. The minimum Gasteiger partial charge on any atom is -0.384 e. The number of rotatable bonds is 3. The van der Waals surface area contributed by atoms with Gasteiger partial charge in [-0.2, -0.15) is 0 Å². The molecule has 3 N–H and O–H groups in total. The van der Waals surface area contributed by atoms with Crippen molar-refractivity contribution in [3.8, 4) is 0 Å². The lowest BCUT2D eigenvalue weighted by Gasteiger charge is -2.07. The SMILES string of the molecule is Cc1nc(N)cc(NCc2ccc(Cl)cc2)n1. The van der Waals surface area contributed by atoms with E-state index in [2.05, 4.69) is 15.3 Å². The Hall–Kier alpha value is -1.81. The molecule has 0 radical (unpaired) electrons. The molecule has 0 aliphatic heterocycles. The zero-order valence-corrected chi connectivity index (χ0v) is 10.2. The average Bonchev–Trinajstić information content (AvgIpc) is 2.27. The van der Waals surface area contributed by atoms with Gasteiger partial charge in [-0.1, -0.05) is 23.7 Å². The van der Waals surface area contributed by atoms with Crippen LogP contribution in [0.4, 0.5) is 11.6 Å². The van der Waals surface area contributed by atoms with E-state index in [-0.39, 0.29) is 0 Å². The fraction of sp³-hybridized carbons (Fsp3) is 0.167. The summed E-state index contributed by atoms with van der Waals surface area (Å²) >= 11 is 5.81. The molecule has 4 nitrogen and oxygen atoms in total. The number of benzene rings is 1. The van der Waals surface area contributed by atoms with E-state index in [4.69, 9.17) is 17.3 Å². The third kappa shape index (κ3) is 3.32. The maximum atomic E-state index is 5.81. The summed E-state index contributed by atoms with van der Waals surface area (Å²) in [6.07, 6.45) is 0. The molecule has 0 spiro atoms. The van der Waals surface area contributed by atoms with E-state index in [9.17, 15) is 0 Å². The lowest BCUT2D eigenvalue weighted by atomic mass is 10.2. The molecular formula is C12H13ClN4. The molecule has 88 valence electrons. The first-order valence-electron chi connectivity index (χ1n) is 5.23. The Kier molecular flexibility index (Phi) is 3.44. The summed E-state index contributed by atoms with van der Waals surface area (Å²) in [7, 11) is 0. The number of nitrogens with two attached hydrogens (primary N) is 1. The second kappa shape index (κ2) is 5.01. The molecule has 0 saturated carbocycles. The number of hydrogen-bond acceptors (Lipinski definition) is 4. The standard InChI is InChI=1S/C12H13ClN4/c1-8-16-11(14)6-12(17-8)15-7-9-2-4-10(13)5-3-9/h2-6H,7H2,1H3,(H3,14,15,16,17). The van der Waals surface area contributed by atoms with Gasteiger partial charge in [-0.25, -0.2) is 9.97 Å². The van der Waals surface area contributed by atoms with E-state index in [1.165, 1.54) is 0 Å². The Morgan fingerprint density at radius 3 is 2.59 bits per heavy atom. The quantitative estimate of drug-likeness (QED) is 0.877. The van der Waals surface area contributed by atoms with Gasteiger partial charge in [0.15, 0.2) is 0 Å². The van der Waals surface area contributed by atoms with Gasteiger partial charge in [-0.15, -0.1) is 0 Å². The Morgan fingerprint density at radius 2 is 1.94 bits per heavy atom. The van der Waals surface area contributed by atoms with Gasteiger partial charge in [0.2, 0.25) is 0 Å². The third-order valence-electron chi connectivity index (χ3n) is 2.24. The van der Waals surface area contributed by atoms with Gasteiger partial charge in [0.1, 0.15) is 17.5 Å². The number of nitrogen functional groups attached to an aromatic ring is 1. The van der Waals surface area contributed by atoms with Crippen LogP contribution in [-0.2, 0) is 6.54 Å². The number of nitrogens with one attached hydrogen (secondary N) is 1. The first-order chi connectivity index (χ1) is 8.13. The van der Waals surface area contributed by atoms with E-state index in [0.717, 1.165) is 16.4 Å². The van der Waals surface area contributed by atoms with Crippen LogP contribution in [0.5, 0.6) is 0 Å². The highest BCUT2D eigenvalue weighted by atomic mass is 35.5. The van der Waals surface area contributed by atoms with Crippen molar-refractivity contribution in [1.82, 2.24) is 9.97 Å². The predicted octanol–water partition coefficient (Wildman–Crippen LogP) is 2.63. The molecule has 1 aromatic carbocycles. The second-order valence-electron chi connectivity index (χ2n) is 3.71. The van der Waals surface area contributed by atoms with Crippen molar-refractivity contribution in [3.63, 3.8) is 0 Å². The zero-order chi connectivity index (χ0) is 12.3. The van der Waals surface area contributed by atoms with Crippen molar-refractivity contribution in [1.29, 1.82) is 0 Å². The van der Waals surface area contributed by atoms with Crippen LogP contribution in [0.1, 0.15) is 11.4 Å². The highest BCUT2D eigenvalue weighted by Crippen LogP contribution is 2.12. The largest absolute Gasteiger partial charge is 0.384 e. The van der Waals surface area contributed by atoms with Gasteiger partial charge >= 0.3 is 0 Å². The molecule has 0 bridgehead atoms. The van der Waals surface area contributed by atoms with Crippen LogP contribution in [0.2, 0.25) is 5.02 Å². The van der Waals surface area contributed by atoms with Gasteiger partial charge in [0.05, 0.1) is 0 Å². The summed E-state index contributed by atoms with van der Waals surface area (Å²) in [5, 5.41) is 3.92. The van der Waals surface area contributed by atoms with Crippen molar-refractivity contribution >= 4 is 23.2 Å². The summed E-state index contributed by atoms with van der Waals surface area (Å²) in [6, 6.07) is 9.36. The van der Waals surface area contributed by atoms with Crippen LogP contribution >= 0.6 is 11.6 Å². The Labute approximate surface area is 105 Å². The number of aromatic nitrogens is 2. The number of nitrogens with zero attached hydrogens (tertiary/aromatic N) is 2. The third-order valence-corrected chi connectivity index (χ3v) is 2.50. The van der Waals surface area contributed by atoms with Crippen LogP contribution < -0.4 is 11.1 Å². The van der Waals surface area contributed by atoms with E-state index < -0.39 is 0 Å². The lowest BCUT2D eigenvalue weighted by molar-refractivity contribution is 1.03. The molecule has 17 heavy (non-hydrogen) atoms. The predicted molar refractivity (Wildman–Crippen MR) is 70.0 cm³/mol. The lowest BCUT2D eigenvalue weighted by Crippen LogP contribution is -2.04. The molecule has 0 aliphatic carbocycles. The first kappa shape index (κ1) is 11.7. The Morgan fingerprint density at radius 1 is 1.24 bits per heavy atom. The molecule has 0 atom stereocenters. The number of anilines is 2. The van der Waals surface area contributed by atoms with Crippen molar-refractivity contribution in [2.75, 3.05) is 11.1 Å². The minimum atomic E-state index is 0.469. The molecular weight excluding hydrogens is 236 g/mol.